The third-order valence-corrected chi connectivity index (χ3v) is 5.95. The SMILES string of the molecule is CCCCCCN(C(=O)CNC(=O)OC(C)(C)C)C(C(=O)NCc1ccccc1)c1ccc(C)cc1C. The molecule has 2 rings (SSSR count). The summed E-state index contributed by atoms with van der Waals surface area (Å²) in [4.78, 5) is 41.1. The molecule has 0 aliphatic heterocycles. The molecule has 3 amide bonds. The van der Waals surface area contributed by atoms with Gasteiger partial charge in [-0.15, -0.1) is 0 Å². The van der Waals surface area contributed by atoms with E-state index in [1.807, 2.05) is 62.4 Å². The van der Waals surface area contributed by atoms with Gasteiger partial charge in [0.15, 0.2) is 0 Å². The molecule has 0 heterocycles. The van der Waals surface area contributed by atoms with Crippen LogP contribution in [0.1, 0.15) is 81.7 Å². The van der Waals surface area contributed by atoms with E-state index in [1.165, 1.54) is 0 Å². The van der Waals surface area contributed by atoms with Gasteiger partial charge in [0.05, 0.1) is 0 Å². The number of carbonyl (C=O) groups excluding carboxylic acids is 3. The number of alkyl carbamates (subject to hydrolysis) is 1. The average Bonchev–Trinajstić information content (AvgIpc) is 2.83. The molecule has 0 fully saturated rings. The molecule has 2 N–H and O–H groups in total. The second kappa shape index (κ2) is 14.4. The molecule has 202 valence electrons. The highest BCUT2D eigenvalue weighted by atomic mass is 16.6. The summed E-state index contributed by atoms with van der Waals surface area (Å²) in [5.74, 6) is -0.584. The lowest BCUT2D eigenvalue weighted by atomic mass is 9.96. The molecule has 0 radical (unpaired) electrons. The molecular formula is C30H43N3O4. The number of rotatable bonds is 12. The van der Waals surface area contributed by atoms with Crippen molar-refractivity contribution >= 4 is 17.9 Å². The molecule has 0 saturated carbocycles. The Morgan fingerprint density at radius 1 is 0.946 bits per heavy atom. The van der Waals surface area contributed by atoms with E-state index in [1.54, 1.807) is 25.7 Å². The van der Waals surface area contributed by atoms with Crippen LogP contribution < -0.4 is 10.6 Å². The summed E-state index contributed by atoms with van der Waals surface area (Å²) < 4.78 is 5.29. The lowest BCUT2D eigenvalue weighted by Gasteiger charge is -2.33. The standard InChI is InChI=1S/C30H43N3O4/c1-7-8-9-13-18-33(26(34)21-32-29(36)37-30(4,5)6)27(25-17-16-22(2)19-23(25)3)28(35)31-20-24-14-11-10-12-15-24/h10-12,14-17,19,27H,7-9,13,18,20-21H2,1-6H3,(H,31,35)(H,32,36). The van der Waals surface area contributed by atoms with Crippen molar-refractivity contribution in [3.8, 4) is 0 Å². The van der Waals surface area contributed by atoms with E-state index < -0.39 is 17.7 Å². The molecule has 0 bridgehead atoms. The second-order valence-electron chi connectivity index (χ2n) is 10.5. The Hall–Kier alpha value is -3.35. The van der Waals surface area contributed by atoms with Crippen LogP contribution in [-0.4, -0.2) is 41.5 Å². The van der Waals surface area contributed by atoms with Crippen molar-refractivity contribution in [2.45, 2.75) is 85.4 Å². The number of nitrogens with zero attached hydrogens (tertiary/aromatic N) is 1. The van der Waals surface area contributed by atoms with E-state index in [0.717, 1.165) is 47.9 Å². The largest absolute Gasteiger partial charge is 0.444 e. The van der Waals surface area contributed by atoms with Crippen LogP contribution in [0.25, 0.3) is 0 Å². The molecule has 0 saturated heterocycles. The fourth-order valence-corrected chi connectivity index (χ4v) is 4.14. The summed E-state index contributed by atoms with van der Waals surface area (Å²) in [6, 6.07) is 14.8. The summed E-state index contributed by atoms with van der Waals surface area (Å²) in [5.41, 5.74) is 3.09. The van der Waals surface area contributed by atoms with Crippen molar-refractivity contribution in [1.82, 2.24) is 15.5 Å². The number of benzene rings is 2. The van der Waals surface area contributed by atoms with E-state index in [9.17, 15) is 14.4 Å². The second-order valence-corrected chi connectivity index (χ2v) is 10.5. The topological polar surface area (TPSA) is 87.7 Å². The Labute approximate surface area is 222 Å². The van der Waals surface area contributed by atoms with Gasteiger partial charge in [0.1, 0.15) is 18.2 Å². The van der Waals surface area contributed by atoms with Crippen molar-refractivity contribution < 1.29 is 19.1 Å². The smallest absolute Gasteiger partial charge is 0.408 e. The average molecular weight is 510 g/mol. The normalized spacial score (nSPS) is 11.9. The zero-order valence-corrected chi connectivity index (χ0v) is 23.2. The van der Waals surface area contributed by atoms with Gasteiger partial charge in [0.2, 0.25) is 11.8 Å². The minimum atomic E-state index is -0.820. The third-order valence-electron chi connectivity index (χ3n) is 5.95. The van der Waals surface area contributed by atoms with Crippen LogP contribution in [0.15, 0.2) is 48.5 Å². The molecule has 7 heteroatoms. The van der Waals surface area contributed by atoms with Gasteiger partial charge in [-0.3, -0.25) is 9.59 Å². The molecule has 0 aliphatic rings. The van der Waals surface area contributed by atoms with Crippen molar-refractivity contribution in [2.24, 2.45) is 0 Å². The van der Waals surface area contributed by atoms with Crippen molar-refractivity contribution in [2.75, 3.05) is 13.1 Å². The van der Waals surface area contributed by atoms with Gasteiger partial charge in [-0.1, -0.05) is 80.3 Å². The summed E-state index contributed by atoms with van der Waals surface area (Å²) in [7, 11) is 0. The van der Waals surface area contributed by atoms with E-state index in [0.29, 0.717) is 13.1 Å². The predicted molar refractivity (Wildman–Crippen MR) is 147 cm³/mol. The molecule has 0 spiro atoms. The number of carbonyl (C=O) groups is 3. The molecule has 2 aromatic rings. The monoisotopic (exact) mass is 509 g/mol. The summed E-state index contributed by atoms with van der Waals surface area (Å²) in [5, 5.41) is 5.59. The van der Waals surface area contributed by atoms with Crippen LogP contribution >= 0.6 is 0 Å². The zero-order valence-electron chi connectivity index (χ0n) is 23.2. The first-order valence-corrected chi connectivity index (χ1v) is 13.2. The van der Waals surface area contributed by atoms with Gasteiger partial charge >= 0.3 is 6.09 Å². The van der Waals surface area contributed by atoms with Crippen molar-refractivity contribution in [3.05, 3.63) is 70.8 Å². The number of nitrogens with one attached hydrogen (secondary N) is 2. The van der Waals surface area contributed by atoms with Gasteiger partial charge in [-0.05, 0) is 57.7 Å². The van der Waals surface area contributed by atoms with Gasteiger partial charge in [0, 0.05) is 13.1 Å². The van der Waals surface area contributed by atoms with Crippen LogP contribution in [0.3, 0.4) is 0 Å². The van der Waals surface area contributed by atoms with Gasteiger partial charge in [-0.2, -0.15) is 0 Å². The van der Waals surface area contributed by atoms with Crippen LogP contribution in [0, 0.1) is 13.8 Å². The fourth-order valence-electron chi connectivity index (χ4n) is 4.14. The maximum atomic E-state index is 13.7. The van der Waals surface area contributed by atoms with E-state index in [2.05, 4.69) is 17.6 Å². The number of aryl methyl sites for hydroxylation is 2. The zero-order chi connectivity index (χ0) is 27.4. The molecule has 7 nitrogen and oxygen atoms in total. The number of hydrogen-bond donors (Lipinski definition) is 2. The first-order chi connectivity index (χ1) is 17.5. The van der Waals surface area contributed by atoms with Gasteiger partial charge < -0.3 is 20.3 Å². The molecule has 37 heavy (non-hydrogen) atoms. The summed E-state index contributed by atoms with van der Waals surface area (Å²) in [6.45, 7) is 11.9. The Bertz CT molecular complexity index is 1030. The highest BCUT2D eigenvalue weighted by Gasteiger charge is 2.32. The van der Waals surface area contributed by atoms with E-state index in [4.69, 9.17) is 4.74 Å². The lowest BCUT2D eigenvalue weighted by molar-refractivity contribution is -0.140. The quantitative estimate of drug-likeness (QED) is 0.365. The van der Waals surface area contributed by atoms with E-state index >= 15 is 0 Å². The fraction of sp³-hybridized carbons (Fsp3) is 0.500. The minimum absolute atomic E-state index is 0.253. The maximum Gasteiger partial charge on any atom is 0.408 e. The third kappa shape index (κ3) is 10.3. The van der Waals surface area contributed by atoms with Crippen LogP contribution in [0.4, 0.5) is 4.79 Å². The van der Waals surface area contributed by atoms with E-state index in [-0.39, 0.29) is 18.4 Å². The Kier molecular flexibility index (Phi) is 11.6. The number of ether oxygens (including phenoxy) is 1. The van der Waals surface area contributed by atoms with Gasteiger partial charge in [-0.25, -0.2) is 4.79 Å². The van der Waals surface area contributed by atoms with Crippen LogP contribution in [0.5, 0.6) is 0 Å². The van der Waals surface area contributed by atoms with Crippen LogP contribution in [0.2, 0.25) is 0 Å². The maximum absolute atomic E-state index is 13.7. The molecule has 0 aliphatic carbocycles. The molecule has 0 aromatic heterocycles. The number of amides is 3. The van der Waals surface area contributed by atoms with Crippen LogP contribution in [-0.2, 0) is 20.9 Å². The highest BCUT2D eigenvalue weighted by Crippen LogP contribution is 2.26. The van der Waals surface area contributed by atoms with Gasteiger partial charge in [0.25, 0.3) is 0 Å². The minimum Gasteiger partial charge on any atom is -0.444 e. The Balaban J connectivity index is 2.34. The summed E-state index contributed by atoms with van der Waals surface area (Å²) >= 11 is 0. The summed E-state index contributed by atoms with van der Waals surface area (Å²) in [6.07, 6.45) is 3.16. The Morgan fingerprint density at radius 3 is 2.27 bits per heavy atom. The van der Waals surface area contributed by atoms with Crippen molar-refractivity contribution in [3.63, 3.8) is 0 Å². The molecule has 2 aromatic carbocycles. The first kappa shape index (κ1) is 29.9. The number of unbranched alkanes of at least 4 members (excludes halogenated alkanes) is 3. The Morgan fingerprint density at radius 2 is 1.65 bits per heavy atom. The first-order valence-electron chi connectivity index (χ1n) is 13.2. The van der Waals surface area contributed by atoms with Crippen molar-refractivity contribution in [1.29, 1.82) is 0 Å². The molecular weight excluding hydrogens is 466 g/mol. The lowest BCUT2D eigenvalue weighted by Crippen LogP contribution is -2.48. The molecule has 1 unspecified atom stereocenters. The predicted octanol–water partition coefficient (Wildman–Crippen LogP) is 5.59. The molecule has 1 atom stereocenters. The number of hydrogen-bond acceptors (Lipinski definition) is 4. The highest BCUT2D eigenvalue weighted by molar-refractivity contribution is 5.90.